The molecule has 2 aliphatic rings. The number of rotatable bonds is 6. The lowest BCUT2D eigenvalue weighted by atomic mass is 10.1. The van der Waals surface area contributed by atoms with Gasteiger partial charge in [-0.1, -0.05) is 24.3 Å². The molecule has 0 aliphatic carbocycles. The number of hydrogen-bond donors (Lipinski definition) is 1. The number of amides is 2. The van der Waals surface area contributed by atoms with Gasteiger partial charge >= 0.3 is 6.09 Å². The summed E-state index contributed by atoms with van der Waals surface area (Å²) in [5, 5.41) is 0. The third kappa shape index (κ3) is 8.03. The van der Waals surface area contributed by atoms with E-state index in [1.807, 2.05) is 63.4 Å². The van der Waals surface area contributed by atoms with E-state index in [2.05, 4.69) is 15.4 Å². The van der Waals surface area contributed by atoms with Crippen LogP contribution in [-0.2, 0) is 19.1 Å². The van der Waals surface area contributed by atoms with E-state index >= 15 is 0 Å². The van der Waals surface area contributed by atoms with Gasteiger partial charge in [0, 0.05) is 57.0 Å². The number of hydroxylamine groups is 1. The molecule has 198 valence electrons. The summed E-state index contributed by atoms with van der Waals surface area (Å²) in [6, 6.07) is 12.0. The molecule has 37 heavy (non-hydrogen) atoms. The van der Waals surface area contributed by atoms with Crippen molar-refractivity contribution in [2.45, 2.75) is 51.9 Å². The monoisotopic (exact) mass is 508 g/mol. The van der Waals surface area contributed by atoms with E-state index in [1.165, 1.54) is 6.08 Å². The zero-order valence-corrected chi connectivity index (χ0v) is 21.8. The lowest BCUT2D eigenvalue weighted by Crippen LogP contribution is -2.50. The van der Waals surface area contributed by atoms with Gasteiger partial charge < -0.3 is 19.3 Å². The highest BCUT2D eigenvalue weighted by molar-refractivity contribution is 5.91. The third-order valence-electron chi connectivity index (χ3n) is 6.10. The van der Waals surface area contributed by atoms with E-state index in [0.717, 1.165) is 41.8 Å². The molecule has 2 saturated heterocycles. The van der Waals surface area contributed by atoms with Gasteiger partial charge in [-0.25, -0.2) is 20.1 Å². The summed E-state index contributed by atoms with van der Waals surface area (Å²) in [5.74, 6) is 0.559. The number of nitrogens with one attached hydrogen (secondary N) is 1. The van der Waals surface area contributed by atoms with Crippen LogP contribution < -0.4 is 10.4 Å². The molecule has 0 radical (unpaired) electrons. The van der Waals surface area contributed by atoms with Gasteiger partial charge in [0.15, 0.2) is 6.29 Å². The van der Waals surface area contributed by atoms with Crippen molar-refractivity contribution in [2.24, 2.45) is 0 Å². The average molecular weight is 509 g/mol. The van der Waals surface area contributed by atoms with Gasteiger partial charge in [-0.2, -0.15) is 0 Å². The van der Waals surface area contributed by atoms with Crippen molar-refractivity contribution in [3.05, 3.63) is 54.2 Å². The fourth-order valence-electron chi connectivity index (χ4n) is 4.11. The minimum atomic E-state index is -0.492. The molecule has 1 atom stereocenters. The molecule has 0 saturated carbocycles. The second-order valence-electron chi connectivity index (χ2n) is 10.2. The molecule has 3 heterocycles. The average Bonchev–Trinajstić information content (AvgIpc) is 2.91. The molecule has 2 aliphatic heterocycles. The van der Waals surface area contributed by atoms with Gasteiger partial charge in [0.1, 0.15) is 11.4 Å². The highest BCUT2D eigenvalue weighted by atomic mass is 16.8. The summed E-state index contributed by atoms with van der Waals surface area (Å²) in [4.78, 5) is 38.1. The standard InChI is InChI=1S/C28H36N4O5/c1-28(2,3)36-27(34)32-17-15-31(16-18-32)24-13-12-23(20-29-24)22-10-7-21(8-11-22)9-14-25(33)30-37-26-6-4-5-19-35-26/h7-14,20,26H,4-6,15-19H2,1-3H3,(H,30,33)/b14-9+. The van der Waals surface area contributed by atoms with Crippen molar-refractivity contribution in [2.75, 3.05) is 37.7 Å². The third-order valence-corrected chi connectivity index (χ3v) is 6.10. The van der Waals surface area contributed by atoms with Crippen LogP contribution in [0.25, 0.3) is 17.2 Å². The molecule has 2 amide bonds. The van der Waals surface area contributed by atoms with Crippen LogP contribution in [-0.4, -0.2) is 66.6 Å². The summed E-state index contributed by atoms with van der Waals surface area (Å²) in [5.41, 5.74) is 4.87. The molecule has 9 nitrogen and oxygen atoms in total. The largest absolute Gasteiger partial charge is 0.444 e. The molecule has 4 rings (SSSR count). The van der Waals surface area contributed by atoms with E-state index in [-0.39, 0.29) is 18.3 Å². The number of carbonyl (C=O) groups excluding carboxylic acids is 2. The number of carbonyl (C=O) groups is 2. The van der Waals surface area contributed by atoms with Gasteiger partial charge in [0.2, 0.25) is 0 Å². The molecule has 1 unspecified atom stereocenters. The summed E-state index contributed by atoms with van der Waals surface area (Å²) < 4.78 is 10.9. The van der Waals surface area contributed by atoms with Crippen molar-refractivity contribution >= 4 is 23.9 Å². The van der Waals surface area contributed by atoms with Gasteiger partial charge in [-0.15, -0.1) is 0 Å². The summed E-state index contributed by atoms with van der Waals surface area (Å²) in [6.07, 6.45) is 7.25. The van der Waals surface area contributed by atoms with Crippen molar-refractivity contribution in [3.63, 3.8) is 0 Å². The Bertz CT molecular complexity index is 1070. The maximum absolute atomic E-state index is 12.3. The van der Waals surface area contributed by atoms with Crippen LogP contribution in [0.4, 0.5) is 10.6 Å². The SMILES string of the molecule is CC(C)(C)OC(=O)N1CCN(c2ccc(-c3ccc(/C=C/C(=O)NOC4CCCCO4)cc3)cn2)CC1. The second kappa shape index (κ2) is 12.2. The van der Waals surface area contributed by atoms with E-state index in [1.54, 1.807) is 11.0 Å². The van der Waals surface area contributed by atoms with Crippen LogP contribution in [0.3, 0.4) is 0 Å². The molecule has 0 bridgehead atoms. The number of piperazine rings is 1. The van der Waals surface area contributed by atoms with Crippen LogP contribution in [0, 0.1) is 0 Å². The Kier molecular flexibility index (Phi) is 8.78. The number of aromatic nitrogens is 1. The zero-order valence-electron chi connectivity index (χ0n) is 21.8. The van der Waals surface area contributed by atoms with Crippen LogP contribution in [0.15, 0.2) is 48.7 Å². The summed E-state index contributed by atoms with van der Waals surface area (Å²) in [7, 11) is 0. The van der Waals surface area contributed by atoms with Crippen molar-refractivity contribution in [1.82, 2.24) is 15.4 Å². The molecule has 2 aromatic rings. The fourth-order valence-corrected chi connectivity index (χ4v) is 4.11. The first-order chi connectivity index (χ1) is 17.8. The van der Waals surface area contributed by atoms with Crippen molar-refractivity contribution in [1.29, 1.82) is 0 Å². The van der Waals surface area contributed by atoms with Crippen LogP contribution in [0.1, 0.15) is 45.6 Å². The fraction of sp³-hybridized carbons (Fsp3) is 0.464. The number of pyridine rings is 1. The molecule has 9 heteroatoms. The van der Waals surface area contributed by atoms with E-state index < -0.39 is 5.60 Å². The quantitative estimate of drug-likeness (QED) is 0.457. The topological polar surface area (TPSA) is 93.2 Å². The summed E-state index contributed by atoms with van der Waals surface area (Å²) in [6.45, 7) is 8.91. The van der Waals surface area contributed by atoms with E-state index in [9.17, 15) is 9.59 Å². The van der Waals surface area contributed by atoms with Crippen LogP contribution in [0.5, 0.6) is 0 Å². The second-order valence-corrected chi connectivity index (χ2v) is 10.2. The molecule has 1 N–H and O–H groups in total. The Hall–Kier alpha value is -3.43. The Balaban J connectivity index is 1.25. The Morgan fingerprint density at radius 2 is 1.76 bits per heavy atom. The first kappa shape index (κ1) is 26.6. The smallest absolute Gasteiger partial charge is 0.410 e. The first-order valence-electron chi connectivity index (χ1n) is 12.8. The zero-order chi connectivity index (χ0) is 26.3. The number of ether oxygens (including phenoxy) is 2. The summed E-state index contributed by atoms with van der Waals surface area (Å²) >= 11 is 0. The molecule has 0 spiro atoms. The van der Waals surface area contributed by atoms with Gasteiger partial charge in [0.05, 0.1) is 0 Å². The highest BCUT2D eigenvalue weighted by Gasteiger charge is 2.26. The van der Waals surface area contributed by atoms with Crippen molar-refractivity contribution < 1.29 is 23.9 Å². The first-order valence-corrected chi connectivity index (χ1v) is 12.8. The van der Waals surface area contributed by atoms with Crippen LogP contribution in [0.2, 0.25) is 0 Å². The van der Waals surface area contributed by atoms with E-state index in [0.29, 0.717) is 32.8 Å². The molecule has 1 aromatic carbocycles. The lowest BCUT2D eigenvalue weighted by Gasteiger charge is -2.36. The normalized spacial score (nSPS) is 18.6. The van der Waals surface area contributed by atoms with Crippen molar-refractivity contribution in [3.8, 4) is 11.1 Å². The number of hydrogen-bond acceptors (Lipinski definition) is 7. The molecular formula is C28H36N4O5. The Morgan fingerprint density at radius 1 is 1.03 bits per heavy atom. The maximum atomic E-state index is 12.3. The number of anilines is 1. The van der Waals surface area contributed by atoms with Gasteiger partial charge in [0.25, 0.3) is 5.91 Å². The van der Waals surface area contributed by atoms with Gasteiger partial charge in [-0.05, 0) is 62.9 Å². The van der Waals surface area contributed by atoms with Crippen LogP contribution >= 0.6 is 0 Å². The minimum Gasteiger partial charge on any atom is -0.444 e. The number of nitrogens with zero attached hydrogens (tertiary/aromatic N) is 3. The minimum absolute atomic E-state index is 0.267. The van der Waals surface area contributed by atoms with E-state index in [4.69, 9.17) is 14.3 Å². The maximum Gasteiger partial charge on any atom is 0.410 e. The molecule has 2 fully saturated rings. The highest BCUT2D eigenvalue weighted by Crippen LogP contribution is 2.23. The van der Waals surface area contributed by atoms with Gasteiger partial charge in [-0.3, -0.25) is 4.79 Å². The predicted octanol–water partition coefficient (Wildman–Crippen LogP) is 4.39. The molecular weight excluding hydrogens is 472 g/mol. The molecule has 1 aromatic heterocycles. The number of benzene rings is 1. The predicted molar refractivity (Wildman–Crippen MR) is 142 cm³/mol. The lowest BCUT2D eigenvalue weighted by molar-refractivity contribution is -0.198. The Labute approximate surface area is 218 Å². The Morgan fingerprint density at radius 3 is 2.38 bits per heavy atom.